The second kappa shape index (κ2) is 16.5. The summed E-state index contributed by atoms with van der Waals surface area (Å²) >= 11 is 0. The Bertz CT molecular complexity index is 2340. The predicted molar refractivity (Wildman–Crippen MR) is 219 cm³/mol. The van der Waals surface area contributed by atoms with Crippen molar-refractivity contribution >= 4 is 53.2 Å². The zero-order valence-corrected chi connectivity index (χ0v) is 31.6. The molecule has 0 spiro atoms. The minimum atomic E-state index is -4.09. The van der Waals surface area contributed by atoms with Crippen molar-refractivity contribution in [3.8, 4) is 0 Å². The van der Waals surface area contributed by atoms with Gasteiger partial charge in [-0.15, -0.1) is 0 Å². The molecule has 2 saturated carbocycles. The molecular formula is C42H46N4O7S2. The normalized spacial score (nSPS) is 22.7. The molecule has 288 valence electrons. The molecule has 6 unspecified atom stereocenters. The van der Waals surface area contributed by atoms with Crippen molar-refractivity contribution in [3.63, 3.8) is 0 Å². The molecule has 2 aliphatic heterocycles. The number of hydrogen-bond acceptors (Lipinski definition) is 8. The lowest BCUT2D eigenvalue weighted by atomic mass is 9.97. The van der Waals surface area contributed by atoms with Crippen molar-refractivity contribution in [2.45, 2.75) is 71.5 Å². The van der Waals surface area contributed by atoms with E-state index in [-0.39, 0.29) is 15.3 Å². The van der Waals surface area contributed by atoms with Crippen molar-refractivity contribution in [1.82, 2.24) is 0 Å². The van der Waals surface area contributed by atoms with Crippen LogP contribution in [-0.4, -0.2) is 55.6 Å². The molecule has 0 radical (unpaired) electrons. The second-order valence-corrected chi connectivity index (χ2v) is 17.0. The second-order valence-electron chi connectivity index (χ2n) is 14.2. The van der Waals surface area contributed by atoms with Gasteiger partial charge in [-0.2, -0.15) is 16.8 Å². The molecule has 6 atom stereocenters. The quantitative estimate of drug-likeness (QED) is 0.102. The van der Waals surface area contributed by atoms with Crippen LogP contribution in [0.3, 0.4) is 0 Å². The van der Waals surface area contributed by atoms with Gasteiger partial charge in [-0.3, -0.25) is 9.11 Å². The summed E-state index contributed by atoms with van der Waals surface area (Å²) in [5.41, 5.74) is 17.6. The third kappa shape index (κ3) is 8.84. The van der Waals surface area contributed by atoms with Gasteiger partial charge in [0, 0.05) is 47.4 Å². The Morgan fingerprint density at radius 3 is 1.20 bits per heavy atom. The summed E-state index contributed by atoms with van der Waals surface area (Å²) in [4.78, 5) is -0.146. The minimum Gasteiger partial charge on any atom is -0.412 e. The van der Waals surface area contributed by atoms with Gasteiger partial charge in [0.25, 0.3) is 20.2 Å². The number of nitrogens with one attached hydrogen (secondary N) is 2. The van der Waals surface area contributed by atoms with Crippen LogP contribution in [0.1, 0.15) is 48.6 Å². The van der Waals surface area contributed by atoms with E-state index in [9.17, 15) is 16.8 Å². The molecule has 2 fully saturated rings. The highest BCUT2D eigenvalue weighted by Crippen LogP contribution is 2.45. The summed E-state index contributed by atoms with van der Waals surface area (Å²) in [5, 5.41) is 10.5. The molecule has 55 heavy (non-hydrogen) atoms. The zero-order valence-electron chi connectivity index (χ0n) is 30.0. The maximum absolute atomic E-state index is 10.8. The van der Waals surface area contributed by atoms with Crippen molar-refractivity contribution in [1.29, 1.82) is 0 Å². The number of fused-ring (bicyclic) bond motifs is 8. The fourth-order valence-electron chi connectivity index (χ4n) is 8.09. The van der Waals surface area contributed by atoms with Gasteiger partial charge in [-0.05, 0) is 94.8 Å². The third-order valence-corrected chi connectivity index (χ3v) is 12.5. The van der Waals surface area contributed by atoms with E-state index in [2.05, 4.69) is 59.2 Å². The van der Waals surface area contributed by atoms with Crippen LogP contribution in [0.2, 0.25) is 0 Å². The van der Waals surface area contributed by atoms with E-state index in [4.69, 9.17) is 20.6 Å². The highest BCUT2D eigenvalue weighted by molar-refractivity contribution is 7.86. The Morgan fingerprint density at radius 1 is 0.473 bits per heavy atom. The van der Waals surface area contributed by atoms with E-state index in [0.29, 0.717) is 36.0 Å². The van der Waals surface area contributed by atoms with E-state index >= 15 is 0 Å². The van der Waals surface area contributed by atoms with Gasteiger partial charge in [-0.1, -0.05) is 97.1 Å². The summed E-state index contributed by atoms with van der Waals surface area (Å²) in [6.07, 6.45) is 4.82. The standard InChI is InChI=1S/2C11H14N2.2C10H8O3S.H2O/c2*12-9-6-5-8-7-3-1-2-4-10(7)13-11(8)9;2*11-14(12,13)10-6-5-8-3-1-2-4-9(8)7-10;/h2*1-4,8-9,11,13H,5-6,12H2;2*1-7H,(H,11,12,13);1H2. The summed E-state index contributed by atoms with van der Waals surface area (Å²) in [6, 6.07) is 42.6. The lowest BCUT2D eigenvalue weighted by Crippen LogP contribution is -2.35. The van der Waals surface area contributed by atoms with Crippen molar-refractivity contribution < 1.29 is 31.4 Å². The van der Waals surface area contributed by atoms with Crippen LogP contribution in [0.5, 0.6) is 0 Å². The lowest BCUT2D eigenvalue weighted by Gasteiger charge is -2.14. The monoisotopic (exact) mass is 782 g/mol. The third-order valence-electron chi connectivity index (χ3n) is 10.8. The predicted octanol–water partition coefficient (Wildman–Crippen LogP) is 6.72. The summed E-state index contributed by atoms with van der Waals surface area (Å²) < 4.78 is 61.0. The Hall–Kier alpha value is -4.86. The van der Waals surface area contributed by atoms with Crippen LogP contribution in [0.4, 0.5) is 11.4 Å². The van der Waals surface area contributed by atoms with Crippen LogP contribution >= 0.6 is 0 Å². The molecule has 2 heterocycles. The smallest absolute Gasteiger partial charge is 0.294 e. The van der Waals surface area contributed by atoms with Crippen LogP contribution in [0.25, 0.3) is 21.5 Å². The average molecular weight is 783 g/mol. The molecule has 0 bridgehead atoms. The Morgan fingerprint density at radius 2 is 0.818 bits per heavy atom. The fourth-order valence-corrected chi connectivity index (χ4v) is 9.12. The van der Waals surface area contributed by atoms with Crippen LogP contribution in [0, 0.1) is 0 Å². The van der Waals surface area contributed by atoms with Gasteiger partial charge in [0.05, 0.1) is 9.79 Å². The molecule has 2 aliphatic carbocycles. The maximum atomic E-state index is 10.8. The van der Waals surface area contributed by atoms with Crippen molar-refractivity contribution in [2.75, 3.05) is 10.6 Å². The average Bonchev–Trinajstić information content (AvgIpc) is 3.93. The first-order chi connectivity index (χ1) is 25.9. The highest BCUT2D eigenvalue weighted by Gasteiger charge is 2.41. The largest absolute Gasteiger partial charge is 0.412 e. The molecule has 10 rings (SSSR count). The topological polar surface area (TPSA) is 216 Å². The van der Waals surface area contributed by atoms with Gasteiger partial charge in [0.2, 0.25) is 0 Å². The van der Waals surface area contributed by atoms with E-state index in [1.165, 1.54) is 59.6 Å². The van der Waals surface area contributed by atoms with E-state index in [1.54, 1.807) is 24.3 Å². The van der Waals surface area contributed by atoms with E-state index < -0.39 is 20.2 Å². The molecule has 11 nitrogen and oxygen atoms in total. The summed E-state index contributed by atoms with van der Waals surface area (Å²) in [5.74, 6) is 1.34. The zero-order chi connectivity index (χ0) is 38.0. The van der Waals surface area contributed by atoms with Gasteiger partial charge >= 0.3 is 0 Å². The van der Waals surface area contributed by atoms with Gasteiger partial charge < -0.3 is 27.6 Å². The van der Waals surface area contributed by atoms with E-state index in [1.807, 2.05) is 36.4 Å². The molecular weight excluding hydrogens is 737 g/mol. The number of rotatable bonds is 2. The maximum Gasteiger partial charge on any atom is 0.294 e. The minimum absolute atomic E-state index is 0. The molecule has 0 aromatic heterocycles. The highest BCUT2D eigenvalue weighted by atomic mass is 32.2. The first-order valence-corrected chi connectivity index (χ1v) is 20.9. The molecule has 0 amide bonds. The molecule has 10 N–H and O–H groups in total. The van der Waals surface area contributed by atoms with Gasteiger partial charge in [-0.25, -0.2) is 0 Å². The van der Waals surface area contributed by atoms with Crippen molar-refractivity contribution in [3.05, 3.63) is 145 Å². The molecule has 4 aliphatic rings. The molecule has 13 heteroatoms. The van der Waals surface area contributed by atoms with Crippen LogP contribution in [-0.2, 0) is 20.2 Å². The number of para-hydroxylation sites is 2. The lowest BCUT2D eigenvalue weighted by molar-refractivity contribution is 0.481. The summed E-state index contributed by atoms with van der Waals surface area (Å²) in [6.45, 7) is 0. The first-order valence-electron chi connectivity index (χ1n) is 18.0. The number of nitrogens with two attached hydrogens (primary N) is 2. The van der Waals surface area contributed by atoms with Crippen LogP contribution < -0.4 is 22.1 Å². The Kier molecular flexibility index (Phi) is 11.9. The van der Waals surface area contributed by atoms with Crippen molar-refractivity contribution in [2.24, 2.45) is 11.5 Å². The molecule has 0 saturated heterocycles. The molecule has 6 aromatic rings. The van der Waals surface area contributed by atoms with E-state index in [0.717, 1.165) is 34.4 Å². The summed E-state index contributed by atoms with van der Waals surface area (Å²) in [7, 11) is -8.19. The Labute approximate surface area is 321 Å². The van der Waals surface area contributed by atoms with Crippen LogP contribution in [0.15, 0.2) is 143 Å². The number of hydrogen-bond donors (Lipinski definition) is 6. The fraction of sp³-hybridized carbons (Fsp3) is 0.238. The Balaban J connectivity index is 0.000000124. The van der Waals surface area contributed by atoms with Gasteiger partial charge in [0.15, 0.2) is 0 Å². The molecule has 6 aromatic carbocycles. The SMILES string of the molecule is NC1CCC2c3ccccc3NC12.NC1CCC2c3ccccc3NC12.O.O=S(=O)(O)c1ccc2ccccc2c1.O=S(=O)(O)c1ccc2ccccc2c1. The number of benzene rings is 6. The first kappa shape index (κ1) is 39.8. The van der Waals surface area contributed by atoms with Gasteiger partial charge in [0.1, 0.15) is 0 Å². The number of anilines is 2.